The molecule has 0 saturated heterocycles. The third kappa shape index (κ3) is 7.06. The van der Waals surface area contributed by atoms with Crippen LogP contribution >= 0.6 is 0 Å². The normalized spacial score (nSPS) is 15.6. The Morgan fingerprint density at radius 3 is 2.00 bits per heavy atom. The van der Waals surface area contributed by atoms with Crippen LogP contribution in [0.25, 0.3) is 0 Å². The maximum atomic E-state index is 12.9. The van der Waals surface area contributed by atoms with Crippen molar-refractivity contribution in [3.05, 3.63) is 70.8 Å². The van der Waals surface area contributed by atoms with E-state index in [4.69, 9.17) is 0 Å². The first-order valence-electron chi connectivity index (χ1n) is 13.4. The van der Waals surface area contributed by atoms with E-state index in [2.05, 4.69) is 62.4 Å². The molecule has 2 aromatic carbocycles. The van der Waals surface area contributed by atoms with Crippen LogP contribution in [0.15, 0.2) is 48.5 Å². The molecule has 3 rings (SSSR count). The molecule has 0 atom stereocenters. The standard InChI is InChI=1S/C31H44O/c1-3-5-7-8-10-22-31(23-11-9-12-24-31)29-20-18-28(19-21-29)30(32)25-27-16-14-26(15-17-27)13-6-4-2/h14-21H,3-13,22-25H2,1-2H3. The number of unbranched alkanes of at least 4 members (excludes halogenated alkanes) is 5. The van der Waals surface area contributed by atoms with Crippen molar-refractivity contribution >= 4 is 5.78 Å². The third-order valence-corrected chi connectivity index (χ3v) is 7.60. The van der Waals surface area contributed by atoms with Gasteiger partial charge in [0, 0.05) is 12.0 Å². The van der Waals surface area contributed by atoms with Crippen LogP contribution in [0, 0.1) is 0 Å². The van der Waals surface area contributed by atoms with Gasteiger partial charge in [-0.25, -0.2) is 0 Å². The highest BCUT2D eigenvalue weighted by molar-refractivity contribution is 5.97. The SMILES string of the molecule is CCCCCCCC1(c2ccc(C(=O)Cc3ccc(CCCC)cc3)cc2)CCCCC1. The molecule has 1 aliphatic rings. The molecular weight excluding hydrogens is 388 g/mol. The molecule has 0 N–H and O–H groups in total. The molecule has 1 saturated carbocycles. The smallest absolute Gasteiger partial charge is 0.167 e. The summed E-state index contributed by atoms with van der Waals surface area (Å²) in [5.74, 6) is 0.232. The zero-order chi connectivity index (χ0) is 22.7. The predicted octanol–water partition coefficient (Wildman–Crippen LogP) is 9.02. The number of hydrogen-bond acceptors (Lipinski definition) is 1. The van der Waals surface area contributed by atoms with E-state index in [1.54, 1.807) is 0 Å². The molecule has 0 heterocycles. The Morgan fingerprint density at radius 1 is 0.719 bits per heavy atom. The van der Waals surface area contributed by atoms with Crippen molar-refractivity contribution in [2.45, 2.75) is 116 Å². The summed E-state index contributed by atoms with van der Waals surface area (Å²) in [6.45, 7) is 4.51. The molecule has 1 nitrogen and oxygen atoms in total. The molecule has 174 valence electrons. The molecule has 1 fully saturated rings. The fraction of sp³-hybridized carbons (Fsp3) is 0.581. The Kier molecular flexibility index (Phi) is 10.0. The first-order chi connectivity index (χ1) is 15.7. The second kappa shape index (κ2) is 13.0. The van der Waals surface area contributed by atoms with Crippen molar-refractivity contribution in [3.8, 4) is 0 Å². The van der Waals surface area contributed by atoms with E-state index in [1.807, 2.05) is 0 Å². The summed E-state index contributed by atoms with van der Waals surface area (Å²) in [4.78, 5) is 12.9. The van der Waals surface area contributed by atoms with Gasteiger partial charge in [-0.2, -0.15) is 0 Å². The van der Waals surface area contributed by atoms with Crippen LogP contribution in [0.1, 0.15) is 124 Å². The van der Waals surface area contributed by atoms with Gasteiger partial charge >= 0.3 is 0 Å². The van der Waals surface area contributed by atoms with E-state index in [1.165, 1.54) is 94.6 Å². The van der Waals surface area contributed by atoms with E-state index in [-0.39, 0.29) is 5.78 Å². The number of hydrogen-bond donors (Lipinski definition) is 0. The maximum Gasteiger partial charge on any atom is 0.167 e. The Bertz CT molecular complexity index is 793. The summed E-state index contributed by atoms with van der Waals surface area (Å²) in [7, 11) is 0. The number of Topliss-reactive ketones (excluding diaryl/α,β-unsaturated/α-hetero) is 1. The van der Waals surface area contributed by atoms with Gasteiger partial charge in [0.2, 0.25) is 0 Å². The van der Waals surface area contributed by atoms with E-state index < -0.39 is 0 Å². The van der Waals surface area contributed by atoms with Gasteiger partial charge < -0.3 is 0 Å². The Hall–Kier alpha value is -1.89. The zero-order valence-electron chi connectivity index (χ0n) is 20.6. The highest BCUT2D eigenvalue weighted by atomic mass is 16.1. The zero-order valence-corrected chi connectivity index (χ0v) is 20.6. The van der Waals surface area contributed by atoms with Crippen LogP contribution in [0.3, 0.4) is 0 Å². The third-order valence-electron chi connectivity index (χ3n) is 7.60. The lowest BCUT2D eigenvalue weighted by molar-refractivity contribution is 0.0993. The van der Waals surface area contributed by atoms with Crippen molar-refractivity contribution in [3.63, 3.8) is 0 Å². The lowest BCUT2D eigenvalue weighted by Gasteiger charge is -2.38. The van der Waals surface area contributed by atoms with Crippen LogP contribution < -0.4 is 0 Å². The van der Waals surface area contributed by atoms with Gasteiger partial charge in [0.05, 0.1) is 0 Å². The van der Waals surface area contributed by atoms with Gasteiger partial charge in [-0.15, -0.1) is 0 Å². The summed E-state index contributed by atoms with van der Waals surface area (Å²) in [6.07, 6.45) is 18.9. The fourth-order valence-electron chi connectivity index (χ4n) is 5.48. The molecule has 0 radical (unpaired) electrons. The van der Waals surface area contributed by atoms with Gasteiger partial charge in [0.15, 0.2) is 5.78 Å². The maximum absolute atomic E-state index is 12.9. The second-order valence-electron chi connectivity index (χ2n) is 10.1. The summed E-state index contributed by atoms with van der Waals surface area (Å²) in [5, 5.41) is 0. The Morgan fingerprint density at radius 2 is 1.34 bits per heavy atom. The molecular formula is C31H44O. The minimum absolute atomic E-state index is 0.232. The average molecular weight is 433 g/mol. The van der Waals surface area contributed by atoms with Crippen LogP contribution in [0.5, 0.6) is 0 Å². The quantitative estimate of drug-likeness (QED) is 0.228. The molecule has 0 amide bonds. The fourth-order valence-corrected chi connectivity index (χ4v) is 5.48. The van der Waals surface area contributed by atoms with Crippen molar-refractivity contribution in [2.75, 3.05) is 0 Å². The van der Waals surface area contributed by atoms with E-state index in [0.717, 1.165) is 17.5 Å². The van der Waals surface area contributed by atoms with Gasteiger partial charge in [-0.1, -0.05) is 120 Å². The minimum Gasteiger partial charge on any atom is -0.294 e. The van der Waals surface area contributed by atoms with Gasteiger partial charge in [-0.3, -0.25) is 4.79 Å². The second-order valence-corrected chi connectivity index (χ2v) is 10.1. The lowest BCUT2D eigenvalue weighted by Crippen LogP contribution is -2.29. The highest BCUT2D eigenvalue weighted by Gasteiger charge is 2.33. The van der Waals surface area contributed by atoms with E-state index in [0.29, 0.717) is 11.8 Å². The average Bonchev–Trinajstić information content (AvgIpc) is 2.84. The monoisotopic (exact) mass is 432 g/mol. The Balaban J connectivity index is 1.61. The molecule has 0 aliphatic heterocycles. The van der Waals surface area contributed by atoms with Crippen LogP contribution in [0.4, 0.5) is 0 Å². The summed E-state index contributed by atoms with van der Waals surface area (Å²) < 4.78 is 0. The van der Waals surface area contributed by atoms with Crippen molar-refractivity contribution in [1.29, 1.82) is 0 Å². The van der Waals surface area contributed by atoms with E-state index >= 15 is 0 Å². The van der Waals surface area contributed by atoms with Crippen LogP contribution in [-0.4, -0.2) is 5.78 Å². The first-order valence-corrected chi connectivity index (χ1v) is 13.4. The molecule has 1 heteroatoms. The van der Waals surface area contributed by atoms with Gasteiger partial charge in [0.25, 0.3) is 0 Å². The summed E-state index contributed by atoms with van der Waals surface area (Å²) in [6, 6.07) is 17.4. The predicted molar refractivity (Wildman–Crippen MR) is 138 cm³/mol. The lowest BCUT2D eigenvalue weighted by atomic mass is 9.66. The molecule has 0 bridgehead atoms. The van der Waals surface area contributed by atoms with Crippen molar-refractivity contribution in [1.82, 2.24) is 0 Å². The minimum atomic E-state index is 0.232. The molecule has 2 aromatic rings. The number of carbonyl (C=O) groups is 1. The van der Waals surface area contributed by atoms with Crippen molar-refractivity contribution < 1.29 is 4.79 Å². The Labute approximate surface area is 197 Å². The first kappa shape index (κ1) is 24.7. The van der Waals surface area contributed by atoms with Crippen molar-refractivity contribution in [2.24, 2.45) is 0 Å². The van der Waals surface area contributed by atoms with Crippen LogP contribution in [-0.2, 0) is 18.3 Å². The van der Waals surface area contributed by atoms with Crippen LogP contribution in [0.2, 0.25) is 0 Å². The summed E-state index contributed by atoms with van der Waals surface area (Å²) in [5.41, 5.74) is 5.18. The highest BCUT2D eigenvalue weighted by Crippen LogP contribution is 2.43. The molecule has 0 aromatic heterocycles. The molecule has 32 heavy (non-hydrogen) atoms. The number of rotatable bonds is 13. The van der Waals surface area contributed by atoms with E-state index in [9.17, 15) is 4.79 Å². The number of ketones is 1. The largest absolute Gasteiger partial charge is 0.294 e. The topological polar surface area (TPSA) is 17.1 Å². The molecule has 0 spiro atoms. The number of benzene rings is 2. The molecule has 0 unspecified atom stereocenters. The van der Waals surface area contributed by atoms with Gasteiger partial charge in [-0.05, 0) is 54.2 Å². The number of aryl methyl sites for hydroxylation is 1. The molecule has 1 aliphatic carbocycles. The number of carbonyl (C=O) groups excluding carboxylic acids is 1. The summed E-state index contributed by atoms with van der Waals surface area (Å²) >= 11 is 0. The van der Waals surface area contributed by atoms with Gasteiger partial charge in [0.1, 0.15) is 0 Å².